The molecular formula is C13H25N3O3. The van der Waals surface area contributed by atoms with E-state index in [1.54, 1.807) is 0 Å². The predicted molar refractivity (Wildman–Crippen MR) is 72.8 cm³/mol. The fourth-order valence-electron chi connectivity index (χ4n) is 2.28. The molecule has 6 heteroatoms. The van der Waals surface area contributed by atoms with Crippen LogP contribution < -0.4 is 5.73 Å². The van der Waals surface area contributed by atoms with Crippen LogP contribution in [-0.2, 0) is 9.59 Å². The van der Waals surface area contributed by atoms with Crippen LogP contribution in [-0.4, -0.2) is 66.1 Å². The zero-order chi connectivity index (χ0) is 14.1. The lowest BCUT2D eigenvalue weighted by atomic mass is 10.1. The number of carbonyl (C=O) groups excluding carboxylic acids is 1. The first kappa shape index (κ1) is 15.9. The number of amides is 1. The Bertz CT molecular complexity index is 289. The van der Waals surface area contributed by atoms with E-state index >= 15 is 0 Å². The van der Waals surface area contributed by atoms with Gasteiger partial charge in [-0.15, -0.1) is 0 Å². The van der Waals surface area contributed by atoms with Crippen molar-refractivity contribution >= 4 is 11.9 Å². The van der Waals surface area contributed by atoms with Crippen molar-refractivity contribution in [1.29, 1.82) is 0 Å². The lowest BCUT2D eigenvalue weighted by Gasteiger charge is -2.33. The molecule has 1 fully saturated rings. The van der Waals surface area contributed by atoms with E-state index in [-0.39, 0.29) is 12.5 Å². The summed E-state index contributed by atoms with van der Waals surface area (Å²) in [6.45, 7) is 3.40. The number of carboxylic acid groups (broad SMARTS) is 1. The molecule has 0 bridgehead atoms. The van der Waals surface area contributed by atoms with Crippen LogP contribution in [0.1, 0.15) is 32.1 Å². The number of carbonyl (C=O) groups is 2. The molecule has 1 aliphatic heterocycles. The van der Waals surface area contributed by atoms with Gasteiger partial charge in [0.1, 0.15) is 0 Å². The molecule has 1 aliphatic rings. The summed E-state index contributed by atoms with van der Waals surface area (Å²) in [5.41, 5.74) is 5.41. The second kappa shape index (κ2) is 8.87. The Kier molecular flexibility index (Phi) is 7.43. The molecule has 0 aliphatic carbocycles. The smallest absolute Gasteiger partial charge is 0.317 e. The molecule has 0 aromatic carbocycles. The average molecular weight is 271 g/mol. The third kappa shape index (κ3) is 6.54. The monoisotopic (exact) mass is 271 g/mol. The van der Waals surface area contributed by atoms with Gasteiger partial charge >= 0.3 is 5.97 Å². The molecule has 0 saturated carbocycles. The van der Waals surface area contributed by atoms with Crippen molar-refractivity contribution in [3.63, 3.8) is 0 Å². The maximum Gasteiger partial charge on any atom is 0.317 e. The van der Waals surface area contributed by atoms with Crippen molar-refractivity contribution in [2.75, 3.05) is 39.3 Å². The van der Waals surface area contributed by atoms with Gasteiger partial charge in [-0.3, -0.25) is 14.5 Å². The highest BCUT2D eigenvalue weighted by Crippen LogP contribution is 2.08. The van der Waals surface area contributed by atoms with Crippen molar-refractivity contribution < 1.29 is 14.7 Å². The van der Waals surface area contributed by atoms with Gasteiger partial charge in [-0.25, -0.2) is 0 Å². The number of nitrogens with zero attached hydrogens (tertiary/aromatic N) is 2. The number of aliphatic carboxylic acids is 1. The maximum atomic E-state index is 11.9. The highest BCUT2D eigenvalue weighted by molar-refractivity contribution is 5.76. The first-order valence-corrected chi connectivity index (χ1v) is 7.05. The van der Waals surface area contributed by atoms with E-state index in [0.717, 1.165) is 32.2 Å². The summed E-state index contributed by atoms with van der Waals surface area (Å²) < 4.78 is 0. The molecule has 0 atom stereocenters. The first-order valence-electron chi connectivity index (χ1n) is 7.05. The van der Waals surface area contributed by atoms with Crippen molar-refractivity contribution in [3.05, 3.63) is 0 Å². The van der Waals surface area contributed by atoms with Crippen LogP contribution in [0.2, 0.25) is 0 Å². The third-order valence-corrected chi connectivity index (χ3v) is 3.43. The normalized spacial score (nSPS) is 16.6. The zero-order valence-corrected chi connectivity index (χ0v) is 11.5. The molecule has 19 heavy (non-hydrogen) atoms. The number of hydrogen-bond donors (Lipinski definition) is 2. The van der Waals surface area contributed by atoms with E-state index in [1.165, 1.54) is 0 Å². The Morgan fingerprint density at radius 1 is 1.00 bits per heavy atom. The number of nitrogens with two attached hydrogens (primary N) is 1. The SMILES string of the molecule is NCCCCCCC(=O)N1CCN(CC(=O)O)CC1. The Labute approximate surface area is 114 Å². The molecule has 1 saturated heterocycles. The van der Waals surface area contributed by atoms with E-state index in [1.807, 2.05) is 9.80 Å². The van der Waals surface area contributed by atoms with Crippen LogP contribution in [0.5, 0.6) is 0 Å². The average Bonchev–Trinajstić information content (AvgIpc) is 2.38. The summed E-state index contributed by atoms with van der Waals surface area (Å²) in [6.07, 6.45) is 4.71. The third-order valence-electron chi connectivity index (χ3n) is 3.43. The van der Waals surface area contributed by atoms with E-state index in [0.29, 0.717) is 32.6 Å². The Morgan fingerprint density at radius 3 is 2.21 bits per heavy atom. The minimum Gasteiger partial charge on any atom is -0.480 e. The minimum absolute atomic E-state index is 0.0706. The summed E-state index contributed by atoms with van der Waals surface area (Å²) >= 11 is 0. The van der Waals surface area contributed by atoms with Crippen LogP contribution in [0.4, 0.5) is 0 Å². The number of hydrogen-bond acceptors (Lipinski definition) is 4. The van der Waals surface area contributed by atoms with E-state index in [2.05, 4.69) is 0 Å². The summed E-state index contributed by atoms with van der Waals surface area (Å²) in [7, 11) is 0. The predicted octanol–water partition coefficient (Wildman–Crippen LogP) is 0.124. The molecule has 0 unspecified atom stereocenters. The summed E-state index contributed by atoms with van der Waals surface area (Å²) in [5, 5.41) is 8.70. The Hall–Kier alpha value is -1.14. The molecule has 0 aromatic heterocycles. The van der Waals surface area contributed by atoms with Crippen molar-refractivity contribution in [1.82, 2.24) is 9.80 Å². The van der Waals surface area contributed by atoms with Crippen molar-refractivity contribution in [2.45, 2.75) is 32.1 Å². The van der Waals surface area contributed by atoms with Crippen LogP contribution in [0.25, 0.3) is 0 Å². The second-order valence-electron chi connectivity index (χ2n) is 5.00. The molecule has 0 spiro atoms. The van der Waals surface area contributed by atoms with Gasteiger partial charge in [0, 0.05) is 32.6 Å². The van der Waals surface area contributed by atoms with Gasteiger partial charge in [-0.05, 0) is 19.4 Å². The van der Waals surface area contributed by atoms with Crippen molar-refractivity contribution in [2.24, 2.45) is 5.73 Å². The molecule has 0 radical (unpaired) electrons. The lowest BCUT2D eigenvalue weighted by molar-refractivity contribution is -0.139. The van der Waals surface area contributed by atoms with Crippen LogP contribution in [0, 0.1) is 0 Å². The highest BCUT2D eigenvalue weighted by Gasteiger charge is 2.21. The second-order valence-corrected chi connectivity index (χ2v) is 5.00. The quantitative estimate of drug-likeness (QED) is 0.613. The number of rotatable bonds is 8. The van der Waals surface area contributed by atoms with E-state index in [4.69, 9.17) is 10.8 Å². The molecule has 3 N–H and O–H groups in total. The Morgan fingerprint density at radius 2 is 1.63 bits per heavy atom. The Balaban J connectivity index is 2.12. The van der Waals surface area contributed by atoms with Crippen LogP contribution in [0.15, 0.2) is 0 Å². The largest absolute Gasteiger partial charge is 0.480 e. The molecule has 6 nitrogen and oxygen atoms in total. The standard InChI is InChI=1S/C13H25N3O3/c14-6-4-2-1-3-5-12(17)16-9-7-15(8-10-16)11-13(18)19/h1-11,14H2,(H,18,19). The van der Waals surface area contributed by atoms with Gasteiger partial charge in [0.05, 0.1) is 6.54 Å². The van der Waals surface area contributed by atoms with Gasteiger partial charge in [-0.1, -0.05) is 12.8 Å². The molecule has 110 valence electrons. The fourth-order valence-corrected chi connectivity index (χ4v) is 2.28. The maximum absolute atomic E-state index is 11.9. The van der Waals surface area contributed by atoms with Gasteiger partial charge in [0.25, 0.3) is 0 Å². The van der Waals surface area contributed by atoms with E-state index in [9.17, 15) is 9.59 Å². The lowest BCUT2D eigenvalue weighted by Crippen LogP contribution is -2.49. The van der Waals surface area contributed by atoms with E-state index < -0.39 is 5.97 Å². The highest BCUT2D eigenvalue weighted by atomic mass is 16.4. The van der Waals surface area contributed by atoms with Gasteiger partial charge in [0.15, 0.2) is 0 Å². The number of unbranched alkanes of at least 4 members (excludes halogenated alkanes) is 3. The van der Waals surface area contributed by atoms with Gasteiger partial charge in [0.2, 0.25) is 5.91 Å². The van der Waals surface area contributed by atoms with Gasteiger partial charge in [-0.2, -0.15) is 0 Å². The topological polar surface area (TPSA) is 86.9 Å². The minimum atomic E-state index is -0.806. The van der Waals surface area contributed by atoms with Gasteiger partial charge < -0.3 is 15.7 Å². The zero-order valence-electron chi connectivity index (χ0n) is 11.5. The summed E-state index contributed by atoms with van der Waals surface area (Å²) in [5.74, 6) is -0.609. The molecule has 1 heterocycles. The molecular weight excluding hydrogens is 246 g/mol. The molecule has 1 rings (SSSR count). The number of carboxylic acids is 1. The number of piperazine rings is 1. The summed E-state index contributed by atoms with van der Waals surface area (Å²) in [6, 6.07) is 0. The summed E-state index contributed by atoms with van der Waals surface area (Å²) in [4.78, 5) is 26.2. The van der Waals surface area contributed by atoms with Crippen LogP contribution >= 0.6 is 0 Å². The molecule has 1 amide bonds. The van der Waals surface area contributed by atoms with Crippen molar-refractivity contribution in [3.8, 4) is 0 Å². The first-order chi connectivity index (χ1) is 9.13. The van der Waals surface area contributed by atoms with Crippen LogP contribution in [0.3, 0.4) is 0 Å². The molecule has 0 aromatic rings. The fraction of sp³-hybridized carbons (Fsp3) is 0.846.